The van der Waals surface area contributed by atoms with E-state index in [1.807, 2.05) is 36.6 Å². The molecule has 1 aromatic carbocycles. The maximum absolute atomic E-state index is 10.2. The van der Waals surface area contributed by atoms with E-state index in [2.05, 4.69) is 12.2 Å². The summed E-state index contributed by atoms with van der Waals surface area (Å²) in [6.07, 6.45) is 3.34. The van der Waals surface area contributed by atoms with Crippen molar-refractivity contribution in [2.45, 2.75) is 58.6 Å². The number of anilines is 1. The Morgan fingerprint density at radius 1 is 1.34 bits per heavy atom. The second-order valence-electron chi connectivity index (χ2n) is 7.68. The minimum absolute atomic E-state index is 0.0529. The van der Waals surface area contributed by atoms with Crippen LogP contribution in [-0.4, -0.2) is 39.0 Å². The smallest absolute Gasteiger partial charge is 0.165 e. The molecule has 7 heteroatoms. The zero-order chi connectivity index (χ0) is 20.7. The fourth-order valence-corrected chi connectivity index (χ4v) is 4.43. The summed E-state index contributed by atoms with van der Waals surface area (Å²) in [7, 11) is 1.63. The molecule has 29 heavy (non-hydrogen) atoms. The Morgan fingerprint density at radius 3 is 2.79 bits per heavy atom. The van der Waals surface area contributed by atoms with Gasteiger partial charge in [0, 0.05) is 16.8 Å². The molecule has 2 atom stereocenters. The maximum Gasteiger partial charge on any atom is 0.165 e. The van der Waals surface area contributed by atoms with Gasteiger partial charge in [-0.15, -0.1) is 0 Å². The molecule has 154 valence electrons. The summed E-state index contributed by atoms with van der Waals surface area (Å²) in [5, 5.41) is 19.2. The number of aromatic nitrogens is 3. The Balaban J connectivity index is 1.93. The molecule has 2 unspecified atom stereocenters. The van der Waals surface area contributed by atoms with Crippen LogP contribution < -0.4 is 10.1 Å². The summed E-state index contributed by atoms with van der Waals surface area (Å²) in [6, 6.07) is 5.62. The van der Waals surface area contributed by atoms with Gasteiger partial charge in [0.05, 0.1) is 35.5 Å². The fourth-order valence-electron chi connectivity index (χ4n) is 4.16. The largest absolute Gasteiger partial charge is 0.497 e. The molecule has 0 radical (unpaired) electrons. The van der Waals surface area contributed by atoms with Gasteiger partial charge >= 0.3 is 0 Å². The third kappa shape index (κ3) is 3.45. The molecule has 6 nitrogen and oxygen atoms in total. The number of ether oxygens (including phenoxy) is 1. The lowest BCUT2D eigenvalue weighted by molar-refractivity contribution is 0.169. The van der Waals surface area contributed by atoms with Crippen molar-refractivity contribution in [1.29, 1.82) is 0 Å². The Hall–Kier alpha value is -2.31. The van der Waals surface area contributed by atoms with Crippen molar-refractivity contribution in [2.24, 2.45) is 0 Å². The number of aliphatic hydroxyl groups excluding tert-OH is 1. The van der Waals surface area contributed by atoms with Gasteiger partial charge in [-0.2, -0.15) is 9.61 Å². The lowest BCUT2D eigenvalue weighted by Crippen LogP contribution is -2.32. The highest BCUT2D eigenvalue weighted by Crippen LogP contribution is 2.38. The summed E-state index contributed by atoms with van der Waals surface area (Å²) >= 11 is 6.58. The monoisotopic (exact) mass is 414 g/mol. The number of benzene rings is 1. The van der Waals surface area contributed by atoms with Crippen LogP contribution in [0.25, 0.3) is 16.8 Å². The fraction of sp³-hybridized carbons (Fsp3) is 0.455. The van der Waals surface area contributed by atoms with Crippen molar-refractivity contribution >= 4 is 23.1 Å². The SMILES string of the molecule is CCC(Nc1c2c(nc3c(-c4ccc(OC)cc4Cl)c(C)nn13)CCC2)C(C)O. The van der Waals surface area contributed by atoms with Crippen LogP contribution in [0.2, 0.25) is 5.02 Å². The van der Waals surface area contributed by atoms with Crippen molar-refractivity contribution in [3.63, 3.8) is 0 Å². The molecule has 0 saturated heterocycles. The lowest BCUT2D eigenvalue weighted by Gasteiger charge is -2.23. The first-order chi connectivity index (χ1) is 13.9. The van der Waals surface area contributed by atoms with E-state index in [1.54, 1.807) is 7.11 Å². The highest BCUT2D eigenvalue weighted by atomic mass is 35.5. The summed E-state index contributed by atoms with van der Waals surface area (Å²) in [5.41, 5.74) is 5.77. The van der Waals surface area contributed by atoms with E-state index < -0.39 is 6.10 Å². The van der Waals surface area contributed by atoms with E-state index >= 15 is 0 Å². The number of halogens is 1. The lowest BCUT2D eigenvalue weighted by atomic mass is 10.1. The molecule has 3 aromatic rings. The number of nitrogens with zero attached hydrogens (tertiary/aromatic N) is 3. The number of fused-ring (bicyclic) bond motifs is 2. The van der Waals surface area contributed by atoms with Crippen LogP contribution in [0, 0.1) is 6.92 Å². The third-order valence-corrected chi connectivity index (χ3v) is 6.07. The minimum atomic E-state index is -0.465. The van der Waals surface area contributed by atoms with Crippen molar-refractivity contribution in [2.75, 3.05) is 12.4 Å². The van der Waals surface area contributed by atoms with Gasteiger partial charge < -0.3 is 15.2 Å². The molecular weight excluding hydrogens is 388 g/mol. The predicted molar refractivity (Wildman–Crippen MR) is 116 cm³/mol. The van der Waals surface area contributed by atoms with Crippen LogP contribution in [-0.2, 0) is 12.8 Å². The number of rotatable bonds is 6. The molecule has 2 heterocycles. The van der Waals surface area contributed by atoms with Crippen molar-refractivity contribution in [1.82, 2.24) is 14.6 Å². The summed E-state index contributed by atoms with van der Waals surface area (Å²) < 4.78 is 7.18. The molecule has 0 fully saturated rings. The van der Waals surface area contributed by atoms with E-state index in [0.29, 0.717) is 10.8 Å². The van der Waals surface area contributed by atoms with E-state index in [9.17, 15) is 5.11 Å². The van der Waals surface area contributed by atoms with Crippen molar-refractivity contribution in [3.8, 4) is 16.9 Å². The standard InChI is InChI=1S/C22H27ClN4O2/c1-5-18(13(3)28)24-21-16-7-6-8-19(16)25-22-20(12(2)26-27(21)22)15-10-9-14(29-4)11-17(15)23/h9-11,13,18,24,28H,5-8H2,1-4H3. The van der Waals surface area contributed by atoms with Crippen molar-refractivity contribution < 1.29 is 9.84 Å². The van der Waals surface area contributed by atoms with Gasteiger partial charge in [0.25, 0.3) is 0 Å². The third-order valence-electron chi connectivity index (χ3n) is 5.75. The highest BCUT2D eigenvalue weighted by molar-refractivity contribution is 6.33. The molecule has 0 saturated carbocycles. The topological polar surface area (TPSA) is 71.7 Å². The van der Waals surface area contributed by atoms with E-state index in [-0.39, 0.29) is 6.04 Å². The molecular formula is C22H27ClN4O2. The second kappa shape index (κ2) is 7.84. The normalized spacial score (nSPS) is 15.4. The molecule has 1 aliphatic rings. The van der Waals surface area contributed by atoms with Gasteiger partial charge in [-0.1, -0.05) is 18.5 Å². The Bertz CT molecular complexity index is 1060. The first-order valence-corrected chi connectivity index (χ1v) is 10.5. The Kier molecular flexibility index (Phi) is 5.40. The van der Waals surface area contributed by atoms with Crippen LogP contribution in [0.4, 0.5) is 5.82 Å². The summed E-state index contributed by atoms with van der Waals surface area (Å²) in [5.74, 6) is 1.65. The average Bonchev–Trinajstić information content (AvgIpc) is 3.28. The molecule has 2 aromatic heterocycles. The first-order valence-electron chi connectivity index (χ1n) is 10.1. The van der Waals surface area contributed by atoms with Crippen LogP contribution in [0.1, 0.15) is 43.6 Å². The molecule has 0 aliphatic heterocycles. The quantitative estimate of drug-likeness (QED) is 0.624. The zero-order valence-electron chi connectivity index (χ0n) is 17.3. The van der Waals surface area contributed by atoms with Gasteiger partial charge in [0.15, 0.2) is 5.65 Å². The molecule has 0 bridgehead atoms. The molecule has 2 N–H and O–H groups in total. The summed E-state index contributed by atoms with van der Waals surface area (Å²) in [6.45, 7) is 5.86. The number of hydrogen-bond acceptors (Lipinski definition) is 5. The second-order valence-corrected chi connectivity index (χ2v) is 8.09. The van der Waals surface area contributed by atoms with E-state index in [4.69, 9.17) is 26.4 Å². The van der Waals surface area contributed by atoms with Crippen LogP contribution in [0.15, 0.2) is 18.2 Å². The maximum atomic E-state index is 10.2. The minimum Gasteiger partial charge on any atom is -0.497 e. The van der Waals surface area contributed by atoms with E-state index in [0.717, 1.165) is 59.7 Å². The highest BCUT2D eigenvalue weighted by Gasteiger charge is 2.26. The number of methoxy groups -OCH3 is 1. The number of hydrogen-bond donors (Lipinski definition) is 2. The zero-order valence-corrected chi connectivity index (χ0v) is 18.0. The number of aryl methyl sites for hydroxylation is 2. The van der Waals surface area contributed by atoms with Crippen LogP contribution >= 0.6 is 11.6 Å². The predicted octanol–water partition coefficient (Wildman–Crippen LogP) is 4.43. The Labute approximate surface area is 175 Å². The number of nitrogens with one attached hydrogen (secondary N) is 1. The van der Waals surface area contributed by atoms with E-state index in [1.165, 1.54) is 5.56 Å². The molecule has 0 spiro atoms. The number of aliphatic hydroxyl groups is 1. The van der Waals surface area contributed by atoms with Crippen LogP contribution in [0.3, 0.4) is 0 Å². The molecule has 1 aliphatic carbocycles. The van der Waals surface area contributed by atoms with Gasteiger partial charge in [-0.3, -0.25) is 0 Å². The average molecular weight is 415 g/mol. The van der Waals surface area contributed by atoms with Crippen LogP contribution in [0.5, 0.6) is 5.75 Å². The first kappa shape index (κ1) is 20.0. The van der Waals surface area contributed by atoms with Gasteiger partial charge in [-0.05, 0) is 57.7 Å². The Morgan fingerprint density at radius 2 is 2.14 bits per heavy atom. The van der Waals surface area contributed by atoms with Gasteiger partial charge in [-0.25, -0.2) is 4.98 Å². The van der Waals surface area contributed by atoms with Gasteiger partial charge in [0.1, 0.15) is 11.6 Å². The summed E-state index contributed by atoms with van der Waals surface area (Å²) in [4.78, 5) is 4.98. The van der Waals surface area contributed by atoms with Gasteiger partial charge in [0.2, 0.25) is 0 Å². The molecule has 0 amide bonds. The molecule has 4 rings (SSSR count). The van der Waals surface area contributed by atoms with Crippen molar-refractivity contribution in [3.05, 3.63) is 40.2 Å².